The van der Waals surface area contributed by atoms with Crippen molar-refractivity contribution in [2.45, 2.75) is 65.7 Å². The third kappa shape index (κ3) is 8.52. The van der Waals surface area contributed by atoms with Gasteiger partial charge in [0.2, 0.25) is 0 Å². The van der Waals surface area contributed by atoms with E-state index in [-0.39, 0.29) is 12.3 Å². The second-order valence-corrected chi connectivity index (χ2v) is 7.02. The molecule has 0 amide bonds. The fourth-order valence-corrected chi connectivity index (χ4v) is 2.81. The fourth-order valence-electron chi connectivity index (χ4n) is 2.81. The van der Waals surface area contributed by atoms with Gasteiger partial charge in [-0.3, -0.25) is 4.79 Å². The van der Waals surface area contributed by atoms with Crippen LogP contribution in [-0.2, 0) is 11.8 Å². The molecule has 1 aromatic heterocycles. The summed E-state index contributed by atoms with van der Waals surface area (Å²) in [4.78, 5) is 15.5. The lowest BCUT2D eigenvalue weighted by Crippen LogP contribution is -2.09. The van der Waals surface area contributed by atoms with Crippen molar-refractivity contribution in [2.24, 2.45) is 7.05 Å². The smallest absolute Gasteiger partial charge is 0.304 e. The van der Waals surface area contributed by atoms with Crippen LogP contribution >= 0.6 is 0 Å². The number of hydrogen-bond donors (Lipinski definition) is 1. The Morgan fingerprint density at radius 1 is 1.16 bits per heavy atom. The number of carboxylic acid groups (broad SMARTS) is 1. The molecule has 4 nitrogen and oxygen atoms in total. The topological polar surface area (TPSA) is 55.1 Å². The summed E-state index contributed by atoms with van der Waals surface area (Å²) in [5.41, 5.74) is 3.99. The normalized spacial score (nSPS) is 13.6. The van der Waals surface area contributed by atoms with Gasteiger partial charge in [0, 0.05) is 25.4 Å². The van der Waals surface area contributed by atoms with Crippen LogP contribution in [0.1, 0.15) is 71.5 Å². The average Bonchev–Trinajstić information content (AvgIpc) is 2.91. The van der Waals surface area contributed by atoms with Gasteiger partial charge in [0.25, 0.3) is 0 Å². The molecule has 1 aromatic rings. The molecule has 0 aliphatic carbocycles. The largest absolute Gasteiger partial charge is 0.481 e. The Morgan fingerprint density at radius 3 is 2.36 bits per heavy atom. The van der Waals surface area contributed by atoms with Crippen LogP contribution in [0.25, 0.3) is 0 Å². The molecule has 4 heteroatoms. The minimum atomic E-state index is -0.799. The van der Waals surface area contributed by atoms with Crippen LogP contribution in [0.4, 0.5) is 0 Å². The molecular formula is C21H32N2O2. The predicted octanol–water partition coefficient (Wildman–Crippen LogP) is 5.40. The Labute approximate surface area is 152 Å². The van der Waals surface area contributed by atoms with E-state index >= 15 is 0 Å². The van der Waals surface area contributed by atoms with Gasteiger partial charge in [-0.15, -0.1) is 0 Å². The third-order valence-corrected chi connectivity index (χ3v) is 4.19. The molecule has 25 heavy (non-hydrogen) atoms. The lowest BCUT2D eigenvalue weighted by molar-refractivity contribution is -0.137. The number of carboxylic acids is 1. The van der Waals surface area contributed by atoms with Crippen molar-refractivity contribution in [2.75, 3.05) is 0 Å². The zero-order valence-corrected chi connectivity index (χ0v) is 16.2. The number of carbonyl (C=O) groups is 1. The Kier molecular flexibility index (Phi) is 8.96. The molecule has 0 radical (unpaired) electrons. The molecule has 1 N–H and O–H groups in total. The fraction of sp³-hybridized carbons (Fsp3) is 0.524. The zero-order valence-electron chi connectivity index (χ0n) is 16.2. The maximum atomic E-state index is 11.2. The summed E-state index contributed by atoms with van der Waals surface area (Å²) in [7, 11) is 1.90. The quantitative estimate of drug-likeness (QED) is 0.578. The highest BCUT2D eigenvalue weighted by Crippen LogP contribution is 2.22. The maximum Gasteiger partial charge on any atom is 0.304 e. The second-order valence-electron chi connectivity index (χ2n) is 7.02. The molecule has 1 atom stereocenters. The first-order valence-corrected chi connectivity index (χ1v) is 8.95. The van der Waals surface area contributed by atoms with Crippen molar-refractivity contribution in [1.29, 1.82) is 0 Å². The molecule has 0 aliphatic rings. The lowest BCUT2D eigenvalue weighted by atomic mass is 9.98. The number of aliphatic carboxylic acids is 1. The molecule has 0 saturated heterocycles. The van der Waals surface area contributed by atoms with Crippen LogP contribution in [0.5, 0.6) is 0 Å². The van der Waals surface area contributed by atoms with Crippen LogP contribution in [0, 0.1) is 0 Å². The Morgan fingerprint density at radius 2 is 1.80 bits per heavy atom. The Hall–Kier alpha value is -2.10. The van der Waals surface area contributed by atoms with E-state index in [1.54, 1.807) is 6.20 Å². The van der Waals surface area contributed by atoms with E-state index in [2.05, 4.69) is 50.9 Å². The number of aryl methyl sites for hydroxylation is 1. The lowest BCUT2D eigenvalue weighted by Gasteiger charge is -2.12. The summed E-state index contributed by atoms with van der Waals surface area (Å²) < 4.78 is 1.89. The standard InChI is InChI=1S/C21H32N2O2/c1-16(2)8-6-9-17(3)10-7-11-18(4)14-19(15-20(24)25)21-22-12-13-23(21)5/h8,10,12-14,19H,6-7,9,11,15H2,1-5H3,(H,24,25)/b17-10+,18-14+. The Bertz CT molecular complexity index is 647. The molecule has 0 fully saturated rings. The molecular weight excluding hydrogens is 312 g/mol. The van der Waals surface area contributed by atoms with Crippen molar-refractivity contribution < 1.29 is 9.90 Å². The highest BCUT2D eigenvalue weighted by Gasteiger charge is 2.17. The van der Waals surface area contributed by atoms with Gasteiger partial charge in [0.1, 0.15) is 5.82 Å². The summed E-state index contributed by atoms with van der Waals surface area (Å²) >= 11 is 0. The van der Waals surface area contributed by atoms with Crippen molar-refractivity contribution >= 4 is 5.97 Å². The van der Waals surface area contributed by atoms with Gasteiger partial charge in [0.15, 0.2) is 0 Å². The van der Waals surface area contributed by atoms with Gasteiger partial charge >= 0.3 is 5.97 Å². The van der Waals surface area contributed by atoms with Gasteiger partial charge in [-0.25, -0.2) is 4.98 Å². The van der Waals surface area contributed by atoms with Crippen LogP contribution in [0.2, 0.25) is 0 Å². The first kappa shape index (κ1) is 20.9. The second kappa shape index (κ2) is 10.7. The van der Waals surface area contributed by atoms with Gasteiger partial charge in [-0.05, 0) is 53.4 Å². The van der Waals surface area contributed by atoms with E-state index in [4.69, 9.17) is 0 Å². The van der Waals surface area contributed by atoms with E-state index < -0.39 is 5.97 Å². The Balaban J connectivity index is 2.63. The van der Waals surface area contributed by atoms with Crippen molar-refractivity contribution in [3.8, 4) is 0 Å². The maximum absolute atomic E-state index is 11.2. The number of nitrogens with zero attached hydrogens (tertiary/aromatic N) is 2. The molecule has 1 rings (SSSR count). The van der Waals surface area contributed by atoms with E-state index in [1.165, 1.54) is 16.7 Å². The minimum Gasteiger partial charge on any atom is -0.481 e. The number of hydrogen-bond acceptors (Lipinski definition) is 2. The molecule has 0 saturated carbocycles. The number of imidazole rings is 1. The van der Waals surface area contributed by atoms with Crippen LogP contribution in [0.3, 0.4) is 0 Å². The first-order valence-electron chi connectivity index (χ1n) is 8.95. The van der Waals surface area contributed by atoms with E-state index in [9.17, 15) is 9.90 Å². The third-order valence-electron chi connectivity index (χ3n) is 4.19. The molecule has 1 heterocycles. The summed E-state index contributed by atoms with van der Waals surface area (Å²) in [5, 5.41) is 9.18. The van der Waals surface area contributed by atoms with Gasteiger partial charge in [-0.2, -0.15) is 0 Å². The SMILES string of the molecule is CC(C)=CCC/C(C)=C/CC/C(C)=C/C(CC(=O)O)c1nccn1C. The van der Waals surface area contributed by atoms with Gasteiger partial charge in [0.05, 0.1) is 6.42 Å². The van der Waals surface area contributed by atoms with Crippen LogP contribution in [-0.4, -0.2) is 20.6 Å². The minimum absolute atomic E-state index is 0.0692. The highest BCUT2D eigenvalue weighted by molar-refractivity contribution is 5.68. The number of rotatable bonds is 10. The summed E-state index contributed by atoms with van der Waals surface area (Å²) in [6.45, 7) is 8.51. The van der Waals surface area contributed by atoms with E-state index in [0.717, 1.165) is 31.5 Å². The molecule has 0 aliphatic heterocycles. The van der Waals surface area contributed by atoms with E-state index in [1.807, 2.05) is 17.8 Å². The first-order chi connectivity index (χ1) is 11.8. The number of allylic oxidation sites excluding steroid dienone is 6. The summed E-state index contributed by atoms with van der Waals surface area (Å²) in [5.74, 6) is -0.178. The highest BCUT2D eigenvalue weighted by atomic mass is 16.4. The van der Waals surface area contributed by atoms with Crippen LogP contribution < -0.4 is 0 Å². The monoisotopic (exact) mass is 344 g/mol. The van der Waals surface area contributed by atoms with Crippen molar-refractivity contribution in [3.63, 3.8) is 0 Å². The molecule has 138 valence electrons. The van der Waals surface area contributed by atoms with Gasteiger partial charge < -0.3 is 9.67 Å². The van der Waals surface area contributed by atoms with Crippen molar-refractivity contribution in [3.05, 3.63) is 53.2 Å². The molecule has 0 aromatic carbocycles. The molecule has 1 unspecified atom stereocenters. The zero-order chi connectivity index (χ0) is 18.8. The number of aromatic nitrogens is 2. The van der Waals surface area contributed by atoms with E-state index in [0.29, 0.717) is 0 Å². The van der Waals surface area contributed by atoms with Gasteiger partial charge in [-0.1, -0.05) is 34.9 Å². The predicted molar refractivity (Wildman–Crippen MR) is 104 cm³/mol. The molecule has 0 bridgehead atoms. The summed E-state index contributed by atoms with van der Waals surface area (Å²) in [6, 6.07) is 0. The average molecular weight is 344 g/mol. The summed E-state index contributed by atoms with van der Waals surface area (Å²) in [6.07, 6.45) is 14.4. The van der Waals surface area contributed by atoms with Crippen LogP contribution in [0.15, 0.2) is 47.3 Å². The molecule has 0 spiro atoms. The van der Waals surface area contributed by atoms with Crippen molar-refractivity contribution in [1.82, 2.24) is 9.55 Å².